The maximum atomic E-state index is 12.7. The molecule has 3 fully saturated rings. The van der Waals surface area contributed by atoms with Crippen molar-refractivity contribution in [2.24, 2.45) is 0 Å². The number of nitrogens with one attached hydrogen (secondary N) is 2. The van der Waals surface area contributed by atoms with Gasteiger partial charge in [-0.05, 0) is 74.1 Å². The van der Waals surface area contributed by atoms with Crippen molar-refractivity contribution in [2.45, 2.75) is 69.8 Å². The van der Waals surface area contributed by atoms with Gasteiger partial charge in [-0.1, -0.05) is 66.7 Å². The lowest BCUT2D eigenvalue weighted by Crippen LogP contribution is -2.45. The number of carbonyl (C=O) groups excluding carboxylic acids is 1. The smallest absolute Gasteiger partial charge is 0.319 e. The largest absolute Gasteiger partial charge is 0.392 e. The Balaban J connectivity index is 1.15. The maximum Gasteiger partial charge on any atom is 0.319 e. The average molecular weight is 585 g/mol. The molecule has 0 bridgehead atoms. The molecule has 43 heavy (non-hydrogen) atoms. The minimum atomic E-state index is -0.560. The molecule has 3 aliphatic heterocycles. The van der Waals surface area contributed by atoms with Gasteiger partial charge in [0.25, 0.3) is 0 Å². The second-order valence-corrected chi connectivity index (χ2v) is 12.1. The van der Waals surface area contributed by atoms with Gasteiger partial charge in [-0.15, -0.1) is 0 Å². The van der Waals surface area contributed by atoms with E-state index in [4.69, 9.17) is 9.47 Å². The molecule has 6 rings (SSSR count). The molecule has 0 saturated carbocycles. The number of amides is 2. The van der Waals surface area contributed by atoms with E-state index in [1.54, 1.807) is 0 Å². The van der Waals surface area contributed by atoms with Gasteiger partial charge in [0, 0.05) is 43.3 Å². The molecule has 0 aliphatic carbocycles. The Morgan fingerprint density at radius 2 is 1.65 bits per heavy atom. The maximum absolute atomic E-state index is 12.7. The van der Waals surface area contributed by atoms with Crippen molar-refractivity contribution in [3.63, 3.8) is 0 Å². The van der Waals surface area contributed by atoms with Crippen LogP contribution in [0.15, 0.2) is 78.9 Å². The molecule has 2 amide bonds. The van der Waals surface area contributed by atoms with E-state index >= 15 is 0 Å². The molecule has 8 nitrogen and oxygen atoms in total. The first kappa shape index (κ1) is 29.8. The van der Waals surface area contributed by atoms with Crippen LogP contribution in [0.3, 0.4) is 0 Å². The van der Waals surface area contributed by atoms with E-state index in [1.165, 1.54) is 38.8 Å². The molecular weight excluding hydrogens is 540 g/mol. The lowest BCUT2D eigenvalue weighted by molar-refractivity contribution is -0.253. The Bertz CT molecular complexity index is 1310. The summed E-state index contributed by atoms with van der Waals surface area (Å²) in [4.78, 5) is 17.9. The molecule has 0 aromatic heterocycles. The highest BCUT2D eigenvalue weighted by Gasteiger charge is 2.36. The molecule has 228 valence electrons. The summed E-state index contributed by atoms with van der Waals surface area (Å²) < 4.78 is 13.3. The third-order valence-corrected chi connectivity index (χ3v) is 8.93. The number of urea groups is 1. The van der Waals surface area contributed by atoms with Crippen LogP contribution in [-0.2, 0) is 22.6 Å². The Labute approximate surface area is 255 Å². The van der Waals surface area contributed by atoms with Crippen LogP contribution in [0.1, 0.15) is 66.8 Å². The minimum absolute atomic E-state index is 0.00577. The van der Waals surface area contributed by atoms with Gasteiger partial charge >= 0.3 is 6.03 Å². The summed E-state index contributed by atoms with van der Waals surface area (Å²) in [7, 11) is 0. The molecular formula is C35H44N4O4. The predicted octanol–water partition coefficient (Wildman–Crippen LogP) is 5.61. The van der Waals surface area contributed by atoms with Crippen LogP contribution in [0.5, 0.6) is 0 Å². The van der Waals surface area contributed by atoms with Crippen LogP contribution in [0.25, 0.3) is 0 Å². The van der Waals surface area contributed by atoms with Crippen molar-refractivity contribution >= 4 is 11.7 Å². The van der Waals surface area contributed by atoms with Crippen LogP contribution >= 0.6 is 0 Å². The van der Waals surface area contributed by atoms with E-state index in [0.29, 0.717) is 18.3 Å². The van der Waals surface area contributed by atoms with Crippen molar-refractivity contribution in [1.82, 2.24) is 15.1 Å². The lowest BCUT2D eigenvalue weighted by atomic mass is 9.99. The summed E-state index contributed by atoms with van der Waals surface area (Å²) in [6.07, 6.45) is 5.19. The highest BCUT2D eigenvalue weighted by atomic mass is 16.7. The number of anilines is 1. The van der Waals surface area contributed by atoms with Crippen LogP contribution in [0.2, 0.25) is 0 Å². The Kier molecular flexibility index (Phi) is 10.0. The highest BCUT2D eigenvalue weighted by molar-refractivity contribution is 5.89. The summed E-state index contributed by atoms with van der Waals surface area (Å²) in [5.74, 6) is 0. The number of likely N-dealkylation sites (tertiary alicyclic amines) is 2. The van der Waals surface area contributed by atoms with Crippen molar-refractivity contribution in [2.75, 3.05) is 38.0 Å². The highest BCUT2D eigenvalue weighted by Crippen LogP contribution is 2.39. The zero-order valence-corrected chi connectivity index (χ0v) is 24.9. The first-order chi connectivity index (χ1) is 21.1. The van der Waals surface area contributed by atoms with Crippen molar-refractivity contribution in [3.8, 4) is 0 Å². The molecule has 3 N–H and O–H groups in total. The lowest BCUT2D eigenvalue weighted by Gasteiger charge is -2.39. The summed E-state index contributed by atoms with van der Waals surface area (Å²) in [5, 5.41) is 15.4. The monoisotopic (exact) mass is 584 g/mol. The van der Waals surface area contributed by atoms with Gasteiger partial charge in [0.1, 0.15) is 0 Å². The molecule has 0 spiro atoms. The fraction of sp³-hybridized carbons (Fsp3) is 0.457. The van der Waals surface area contributed by atoms with Crippen molar-refractivity contribution in [3.05, 3.63) is 101 Å². The van der Waals surface area contributed by atoms with E-state index in [1.807, 2.05) is 66.7 Å². The molecule has 3 aliphatic rings. The average Bonchev–Trinajstić information content (AvgIpc) is 3.73. The van der Waals surface area contributed by atoms with Gasteiger partial charge in [0.15, 0.2) is 6.29 Å². The van der Waals surface area contributed by atoms with Gasteiger partial charge in [-0.2, -0.15) is 0 Å². The number of hydrogen-bond acceptors (Lipinski definition) is 6. The summed E-state index contributed by atoms with van der Waals surface area (Å²) in [6.45, 7) is 6.06. The Morgan fingerprint density at radius 1 is 0.837 bits per heavy atom. The number of rotatable bonds is 10. The molecule has 0 radical (unpaired) electrons. The van der Waals surface area contributed by atoms with Crippen LogP contribution < -0.4 is 10.6 Å². The van der Waals surface area contributed by atoms with Crippen LogP contribution in [-0.4, -0.2) is 65.8 Å². The van der Waals surface area contributed by atoms with Crippen molar-refractivity contribution < 1.29 is 19.4 Å². The first-order valence-corrected chi connectivity index (χ1v) is 15.8. The Morgan fingerprint density at radius 3 is 2.44 bits per heavy atom. The van der Waals surface area contributed by atoms with Gasteiger partial charge in [0.2, 0.25) is 0 Å². The zero-order chi connectivity index (χ0) is 29.4. The summed E-state index contributed by atoms with van der Waals surface area (Å²) in [6, 6.07) is 25.9. The van der Waals surface area contributed by atoms with E-state index in [9.17, 15) is 9.90 Å². The summed E-state index contributed by atoms with van der Waals surface area (Å²) >= 11 is 0. The standard InChI is InChI=1S/C35H44N4O4/c40-25-27-13-15-28(16-14-27)33-21-32(24-39-19-7-12-31(39)23-38-17-4-5-18-38)42-34(43-33)29-10-6-11-30(20-29)37-35(41)36-22-26-8-2-1-3-9-26/h1-3,6,8-11,13-16,20,31-34,40H,4-5,7,12,17-19,21-25H2,(H2,36,37,41). The second kappa shape index (κ2) is 14.5. The van der Waals surface area contributed by atoms with Crippen LogP contribution in [0.4, 0.5) is 10.5 Å². The molecule has 8 heteroatoms. The van der Waals surface area contributed by atoms with E-state index in [-0.39, 0.29) is 24.8 Å². The molecule has 4 unspecified atom stereocenters. The fourth-order valence-corrected chi connectivity index (χ4v) is 6.62. The van der Waals surface area contributed by atoms with E-state index in [2.05, 4.69) is 32.6 Å². The number of ether oxygens (including phenoxy) is 2. The number of aliphatic hydroxyl groups excluding tert-OH is 1. The quantitative estimate of drug-likeness (QED) is 0.287. The number of carbonyl (C=O) groups is 1. The third kappa shape index (κ3) is 8.02. The van der Waals surface area contributed by atoms with Crippen molar-refractivity contribution in [1.29, 1.82) is 0 Å². The number of nitrogens with zero attached hydrogens (tertiary/aromatic N) is 2. The number of aliphatic hydroxyl groups is 1. The molecule has 3 saturated heterocycles. The third-order valence-electron chi connectivity index (χ3n) is 8.93. The number of hydrogen-bond donors (Lipinski definition) is 3. The van der Waals surface area contributed by atoms with Gasteiger partial charge < -0.3 is 30.1 Å². The second-order valence-electron chi connectivity index (χ2n) is 12.1. The SMILES string of the molecule is O=C(NCc1ccccc1)Nc1cccc(C2OC(CN3CCCC3CN3CCCC3)CC(c3ccc(CO)cc3)O2)c1. The fourth-order valence-electron chi connectivity index (χ4n) is 6.62. The van der Waals surface area contributed by atoms with E-state index in [0.717, 1.165) is 48.3 Å². The topological polar surface area (TPSA) is 86.3 Å². The van der Waals surface area contributed by atoms with Gasteiger partial charge in [0.05, 0.1) is 18.8 Å². The zero-order valence-electron chi connectivity index (χ0n) is 24.9. The predicted molar refractivity (Wildman–Crippen MR) is 167 cm³/mol. The van der Waals surface area contributed by atoms with Crippen LogP contribution in [0, 0.1) is 0 Å². The summed E-state index contributed by atoms with van der Waals surface area (Å²) in [5.41, 5.74) is 4.57. The van der Waals surface area contributed by atoms with Gasteiger partial charge in [-0.3, -0.25) is 4.90 Å². The van der Waals surface area contributed by atoms with Gasteiger partial charge in [-0.25, -0.2) is 4.79 Å². The number of benzene rings is 3. The first-order valence-electron chi connectivity index (χ1n) is 15.8. The van der Waals surface area contributed by atoms with E-state index < -0.39 is 6.29 Å². The molecule has 3 aromatic carbocycles. The molecule has 4 atom stereocenters. The Hall–Kier alpha value is -3.27. The molecule has 3 heterocycles. The normalized spacial score (nSPS) is 24.7. The minimum Gasteiger partial charge on any atom is -0.392 e. The molecule has 3 aromatic rings.